The van der Waals surface area contributed by atoms with E-state index in [-0.39, 0.29) is 11.7 Å². The lowest BCUT2D eigenvalue weighted by molar-refractivity contribution is -0.130. The summed E-state index contributed by atoms with van der Waals surface area (Å²) in [4.78, 5) is 26.1. The summed E-state index contributed by atoms with van der Waals surface area (Å²) in [6, 6.07) is 7.00. The number of hydrogen-bond donors (Lipinski definition) is 1. The van der Waals surface area contributed by atoms with Gasteiger partial charge < -0.3 is 10.2 Å². The minimum Gasteiger partial charge on any atom is -0.341 e. The van der Waals surface area contributed by atoms with E-state index in [0.717, 1.165) is 43.0 Å². The number of sulfone groups is 1. The number of anilines is 1. The lowest BCUT2D eigenvalue weighted by Gasteiger charge is -2.26. The third kappa shape index (κ3) is 7.92. The van der Waals surface area contributed by atoms with Crippen LogP contribution in [-0.2, 0) is 25.8 Å². The Labute approximate surface area is 166 Å². The fraction of sp³-hybridized carbons (Fsp3) is 0.579. The van der Waals surface area contributed by atoms with Gasteiger partial charge in [-0.2, -0.15) is 11.8 Å². The normalized spacial score (nSPS) is 14.8. The summed E-state index contributed by atoms with van der Waals surface area (Å²) < 4.78 is 23.9. The van der Waals surface area contributed by atoms with Crippen molar-refractivity contribution in [3.05, 3.63) is 29.8 Å². The molecule has 6 nitrogen and oxygen atoms in total. The smallest absolute Gasteiger partial charge is 0.239 e. The van der Waals surface area contributed by atoms with Crippen molar-refractivity contribution in [1.29, 1.82) is 0 Å². The number of carbonyl (C=O) groups excluding carboxylic acids is 2. The maximum Gasteiger partial charge on any atom is 0.239 e. The Kier molecular flexibility index (Phi) is 8.63. The average Bonchev–Trinajstić information content (AvgIpc) is 2.63. The number of amides is 2. The molecule has 1 aromatic carbocycles. The number of benzene rings is 1. The van der Waals surface area contributed by atoms with Crippen molar-refractivity contribution in [3.8, 4) is 0 Å². The van der Waals surface area contributed by atoms with Crippen LogP contribution in [0.2, 0.25) is 0 Å². The van der Waals surface area contributed by atoms with Crippen LogP contribution in [0.4, 0.5) is 5.69 Å². The Morgan fingerprint density at radius 2 is 1.78 bits per heavy atom. The fourth-order valence-corrected chi connectivity index (χ4v) is 5.01. The average molecular weight is 413 g/mol. The fourth-order valence-electron chi connectivity index (χ4n) is 2.85. The van der Waals surface area contributed by atoms with Gasteiger partial charge in [0, 0.05) is 30.3 Å². The molecule has 1 aromatic rings. The van der Waals surface area contributed by atoms with E-state index >= 15 is 0 Å². The molecule has 8 heteroatoms. The van der Waals surface area contributed by atoms with Gasteiger partial charge in [0.25, 0.3) is 0 Å². The van der Waals surface area contributed by atoms with Crippen LogP contribution in [0.1, 0.15) is 31.7 Å². The molecule has 0 atom stereocenters. The van der Waals surface area contributed by atoms with Crippen molar-refractivity contribution in [2.45, 2.75) is 32.6 Å². The van der Waals surface area contributed by atoms with Gasteiger partial charge >= 0.3 is 0 Å². The predicted octanol–water partition coefficient (Wildman–Crippen LogP) is 2.35. The second-order valence-corrected chi connectivity index (χ2v) is 10.1. The van der Waals surface area contributed by atoms with Gasteiger partial charge in [0.15, 0.2) is 9.84 Å². The van der Waals surface area contributed by atoms with Crippen LogP contribution in [0, 0.1) is 0 Å². The molecule has 0 radical (unpaired) electrons. The molecule has 0 bridgehead atoms. The number of nitrogens with zero attached hydrogens (tertiary/aromatic N) is 1. The van der Waals surface area contributed by atoms with Crippen molar-refractivity contribution < 1.29 is 18.0 Å². The lowest BCUT2D eigenvalue weighted by Crippen LogP contribution is -2.38. The molecule has 0 saturated carbocycles. The second-order valence-electron chi connectivity index (χ2n) is 6.71. The van der Waals surface area contributed by atoms with Gasteiger partial charge in [-0.15, -0.1) is 0 Å². The molecule has 1 fully saturated rings. The van der Waals surface area contributed by atoms with E-state index in [1.54, 1.807) is 24.3 Å². The minimum absolute atomic E-state index is 0.0459. The first-order chi connectivity index (χ1) is 12.9. The number of rotatable bonds is 9. The van der Waals surface area contributed by atoms with Gasteiger partial charge in [-0.1, -0.05) is 31.9 Å². The standard InChI is InChI=1S/C19H28N2O4S2/c1-2-3-4-13-27(24,25)15-18(22)20-17-7-5-16(6-8-17)14-19(23)21-9-11-26-12-10-21/h5-8H,2-4,9-15H2,1H3,(H,20,22). The van der Waals surface area contributed by atoms with Gasteiger partial charge in [0.1, 0.15) is 5.75 Å². The van der Waals surface area contributed by atoms with Crippen LogP contribution in [0.15, 0.2) is 24.3 Å². The summed E-state index contributed by atoms with van der Waals surface area (Å²) in [6.45, 7) is 3.59. The lowest BCUT2D eigenvalue weighted by atomic mass is 10.1. The van der Waals surface area contributed by atoms with Crippen molar-refractivity contribution in [1.82, 2.24) is 4.90 Å². The maximum atomic E-state index is 12.3. The van der Waals surface area contributed by atoms with Crippen LogP contribution in [0.25, 0.3) is 0 Å². The van der Waals surface area contributed by atoms with Crippen molar-refractivity contribution in [2.75, 3.05) is 41.4 Å². The Morgan fingerprint density at radius 1 is 1.11 bits per heavy atom. The van der Waals surface area contributed by atoms with Crippen molar-refractivity contribution in [3.63, 3.8) is 0 Å². The number of hydrogen-bond acceptors (Lipinski definition) is 5. The van der Waals surface area contributed by atoms with Crippen LogP contribution in [-0.4, -0.2) is 61.2 Å². The molecule has 0 spiro atoms. The maximum absolute atomic E-state index is 12.3. The summed E-state index contributed by atoms with van der Waals surface area (Å²) >= 11 is 1.86. The topological polar surface area (TPSA) is 83.5 Å². The van der Waals surface area contributed by atoms with Crippen LogP contribution in [0.3, 0.4) is 0 Å². The third-order valence-electron chi connectivity index (χ3n) is 4.37. The van der Waals surface area contributed by atoms with Gasteiger partial charge in [-0.05, 0) is 24.1 Å². The first-order valence-electron chi connectivity index (χ1n) is 9.34. The zero-order valence-electron chi connectivity index (χ0n) is 15.8. The molecule has 0 aromatic heterocycles. The van der Waals surface area contributed by atoms with Crippen LogP contribution in [0.5, 0.6) is 0 Å². The highest BCUT2D eigenvalue weighted by atomic mass is 32.2. The number of thioether (sulfide) groups is 1. The largest absolute Gasteiger partial charge is 0.341 e. The number of nitrogens with one attached hydrogen (secondary N) is 1. The summed E-state index contributed by atoms with van der Waals surface area (Å²) in [6.07, 6.45) is 2.71. The summed E-state index contributed by atoms with van der Waals surface area (Å²) in [5.41, 5.74) is 1.41. The molecule has 1 aliphatic rings. The van der Waals surface area contributed by atoms with E-state index in [0.29, 0.717) is 18.5 Å². The molecule has 1 heterocycles. The second kappa shape index (κ2) is 10.7. The monoisotopic (exact) mass is 412 g/mol. The zero-order chi connectivity index (χ0) is 19.7. The first kappa shape index (κ1) is 21.8. The van der Waals surface area contributed by atoms with E-state index in [1.165, 1.54) is 0 Å². The van der Waals surface area contributed by atoms with E-state index in [4.69, 9.17) is 0 Å². The molecule has 27 heavy (non-hydrogen) atoms. The van der Waals surface area contributed by atoms with Crippen LogP contribution >= 0.6 is 11.8 Å². The highest BCUT2D eigenvalue weighted by Gasteiger charge is 2.18. The summed E-state index contributed by atoms with van der Waals surface area (Å²) in [5.74, 6) is 1.11. The highest BCUT2D eigenvalue weighted by molar-refractivity contribution is 7.99. The van der Waals surface area contributed by atoms with Gasteiger partial charge in [-0.25, -0.2) is 8.42 Å². The molecule has 150 valence electrons. The Bertz CT molecular complexity index is 727. The van der Waals surface area contributed by atoms with E-state index in [2.05, 4.69) is 5.32 Å². The molecular weight excluding hydrogens is 384 g/mol. The molecule has 1 saturated heterocycles. The molecular formula is C19H28N2O4S2. The molecule has 1 N–H and O–H groups in total. The van der Waals surface area contributed by atoms with Gasteiger partial charge in [0.2, 0.25) is 11.8 Å². The van der Waals surface area contributed by atoms with E-state index in [9.17, 15) is 18.0 Å². The van der Waals surface area contributed by atoms with Crippen molar-refractivity contribution >= 4 is 39.1 Å². The minimum atomic E-state index is -3.37. The Balaban J connectivity index is 1.82. The molecule has 2 amide bonds. The SMILES string of the molecule is CCCCCS(=O)(=O)CC(=O)Nc1ccc(CC(=O)N2CCSCC2)cc1. The number of carbonyl (C=O) groups is 2. The Morgan fingerprint density at radius 3 is 2.41 bits per heavy atom. The van der Waals surface area contributed by atoms with Gasteiger partial charge in [-0.3, -0.25) is 9.59 Å². The first-order valence-corrected chi connectivity index (χ1v) is 12.3. The summed E-state index contributed by atoms with van der Waals surface area (Å²) in [7, 11) is -3.37. The highest BCUT2D eigenvalue weighted by Crippen LogP contribution is 2.14. The van der Waals surface area contributed by atoms with Crippen molar-refractivity contribution in [2.24, 2.45) is 0 Å². The Hall–Kier alpha value is -1.54. The van der Waals surface area contributed by atoms with E-state index < -0.39 is 21.5 Å². The third-order valence-corrected chi connectivity index (χ3v) is 6.92. The quantitative estimate of drug-likeness (QED) is 0.630. The molecule has 0 unspecified atom stereocenters. The predicted molar refractivity (Wildman–Crippen MR) is 111 cm³/mol. The molecule has 1 aliphatic heterocycles. The summed E-state index contributed by atoms with van der Waals surface area (Å²) in [5, 5.41) is 2.62. The van der Waals surface area contributed by atoms with Gasteiger partial charge in [0.05, 0.1) is 12.2 Å². The van der Waals surface area contributed by atoms with Crippen LogP contribution < -0.4 is 5.32 Å². The molecule has 0 aliphatic carbocycles. The zero-order valence-corrected chi connectivity index (χ0v) is 17.4. The van der Waals surface area contributed by atoms with E-state index in [1.807, 2.05) is 23.6 Å². The molecule has 2 rings (SSSR count). The number of unbranched alkanes of at least 4 members (excludes halogenated alkanes) is 2.